The fourth-order valence-corrected chi connectivity index (χ4v) is 4.44. The normalized spacial score (nSPS) is 21.0. The number of nitrogens with zero attached hydrogens (tertiary/aromatic N) is 2. The Hall–Kier alpha value is -2.94. The molecule has 174 valence electrons. The summed E-state index contributed by atoms with van der Waals surface area (Å²) >= 11 is 6.01. The van der Waals surface area contributed by atoms with Crippen molar-refractivity contribution in [3.63, 3.8) is 0 Å². The summed E-state index contributed by atoms with van der Waals surface area (Å²) < 4.78 is 19.4. The maximum atomic E-state index is 14.1. The van der Waals surface area contributed by atoms with Crippen molar-refractivity contribution >= 4 is 29.1 Å². The number of amides is 1. The van der Waals surface area contributed by atoms with Gasteiger partial charge < -0.3 is 19.8 Å². The van der Waals surface area contributed by atoms with Crippen molar-refractivity contribution in [2.75, 3.05) is 39.4 Å². The first-order valence-electron chi connectivity index (χ1n) is 10.7. The Morgan fingerprint density at radius 3 is 2.61 bits per heavy atom. The lowest BCUT2D eigenvalue weighted by atomic mass is 9.95. The molecule has 0 saturated carbocycles. The fourth-order valence-electron chi connectivity index (χ4n) is 4.27. The molecule has 2 heterocycles. The van der Waals surface area contributed by atoms with Crippen LogP contribution in [0, 0.1) is 5.82 Å². The summed E-state index contributed by atoms with van der Waals surface area (Å²) in [6.45, 7) is 3.83. The molecule has 9 heteroatoms. The Kier molecular flexibility index (Phi) is 6.97. The van der Waals surface area contributed by atoms with Crippen LogP contribution in [0.3, 0.4) is 0 Å². The Morgan fingerprint density at radius 1 is 1.12 bits per heavy atom. The van der Waals surface area contributed by atoms with Crippen LogP contribution in [0.15, 0.2) is 48.0 Å². The summed E-state index contributed by atoms with van der Waals surface area (Å²) in [5.41, 5.74) is 0.0633. The third-order valence-electron chi connectivity index (χ3n) is 5.90. The number of phenolic OH excluding ortho intramolecular Hbond substituents is 1. The van der Waals surface area contributed by atoms with Crippen LogP contribution in [0.25, 0.3) is 5.76 Å². The van der Waals surface area contributed by atoms with E-state index in [0.29, 0.717) is 31.7 Å². The van der Waals surface area contributed by atoms with Crippen LogP contribution in [0.4, 0.5) is 4.39 Å². The lowest BCUT2D eigenvalue weighted by Gasteiger charge is -2.29. The first kappa shape index (κ1) is 23.2. The molecule has 0 radical (unpaired) electrons. The number of aliphatic hydroxyl groups is 1. The summed E-state index contributed by atoms with van der Waals surface area (Å²) in [6.07, 6.45) is 0.585. The third kappa shape index (κ3) is 4.88. The number of carbonyl (C=O) groups is 2. The van der Waals surface area contributed by atoms with E-state index < -0.39 is 29.3 Å². The van der Waals surface area contributed by atoms with Crippen LogP contribution >= 0.6 is 11.6 Å². The second-order valence-corrected chi connectivity index (χ2v) is 8.45. The van der Waals surface area contributed by atoms with Crippen molar-refractivity contribution < 1.29 is 28.9 Å². The summed E-state index contributed by atoms with van der Waals surface area (Å²) in [5.74, 6) is -3.06. The molecule has 2 aromatic rings. The molecule has 2 N–H and O–H groups in total. The average molecular weight is 475 g/mol. The second kappa shape index (κ2) is 9.91. The molecular weight excluding hydrogens is 451 g/mol. The number of carbonyl (C=O) groups excluding carboxylic acids is 2. The summed E-state index contributed by atoms with van der Waals surface area (Å²) in [6, 6.07) is 8.60. The molecule has 2 aliphatic rings. The van der Waals surface area contributed by atoms with Gasteiger partial charge in [-0.15, -0.1) is 0 Å². The zero-order valence-corrected chi connectivity index (χ0v) is 18.6. The topological polar surface area (TPSA) is 90.3 Å². The largest absolute Gasteiger partial charge is 0.507 e. The molecule has 0 bridgehead atoms. The quantitative estimate of drug-likeness (QED) is 0.379. The van der Waals surface area contributed by atoms with E-state index in [0.717, 1.165) is 13.1 Å². The molecule has 1 unspecified atom stereocenters. The number of aromatic hydroxyl groups is 1. The average Bonchev–Trinajstić information content (AvgIpc) is 3.06. The number of ketones is 1. The number of ether oxygens (including phenoxy) is 1. The Morgan fingerprint density at radius 2 is 1.88 bits per heavy atom. The zero-order valence-electron chi connectivity index (χ0n) is 17.8. The fraction of sp³-hybridized carbons (Fsp3) is 0.333. The van der Waals surface area contributed by atoms with Crippen molar-refractivity contribution in [2.24, 2.45) is 0 Å². The minimum atomic E-state index is -0.997. The van der Waals surface area contributed by atoms with Crippen molar-refractivity contribution in [3.05, 3.63) is 70.0 Å². The van der Waals surface area contributed by atoms with Crippen molar-refractivity contribution in [1.29, 1.82) is 0 Å². The standard InChI is InChI=1S/C24H24ClFN2O5/c25-16-5-6-19(29)18(14-16)22(30)20-21(15-3-1-4-17(26)13-15)28(24(32)23(20)31)8-2-7-27-9-11-33-12-10-27/h1,3-6,13-14,21,29-30H,2,7-12H2/b22-20+. The molecule has 4 rings (SSSR count). The number of phenols is 1. The minimum absolute atomic E-state index is 0.0739. The summed E-state index contributed by atoms with van der Waals surface area (Å²) in [7, 11) is 0. The first-order valence-corrected chi connectivity index (χ1v) is 11.1. The number of halogens is 2. The predicted octanol–water partition coefficient (Wildman–Crippen LogP) is 3.33. The van der Waals surface area contributed by atoms with Gasteiger partial charge in [0.05, 0.1) is 30.4 Å². The maximum Gasteiger partial charge on any atom is 0.295 e. The molecule has 1 amide bonds. The smallest absolute Gasteiger partial charge is 0.295 e. The van der Waals surface area contributed by atoms with Gasteiger partial charge in [-0.25, -0.2) is 4.39 Å². The number of benzene rings is 2. The van der Waals surface area contributed by atoms with E-state index in [1.807, 2.05) is 0 Å². The minimum Gasteiger partial charge on any atom is -0.507 e. The van der Waals surface area contributed by atoms with E-state index in [2.05, 4.69) is 4.90 Å². The van der Waals surface area contributed by atoms with Gasteiger partial charge in [0.25, 0.3) is 11.7 Å². The van der Waals surface area contributed by atoms with E-state index >= 15 is 0 Å². The van der Waals surface area contributed by atoms with Gasteiger partial charge in [0.2, 0.25) is 0 Å². The highest BCUT2D eigenvalue weighted by atomic mass is 35.5. The van der Waals surface area contributed by atoms with Crippen LogP contribution in [-0.4, -0.2) is 71.1 Å². The van der Waals surface area contributed by atoms with Crippen molar-refractivity contribution in [3.8, 4) is 5.75 Å². The maximum absolute atomic E-state index is 14.1. The highest BCUT2D eigenvalue weighted by molar-refractivity contribution is 6.46. The van der Waals surface area contributed by atoms with Crippen LogP contribution in [0.2, 0.25) is 5.02 Å². The first-order chi connectivity index (χ1) is 15.9. The van der Waals surface area contributed by atoms with Gasteiger partial charge in [-0.1, -0.05) is 23.7 Å². The Bertz CT molecular complexity index is 1100. The van der Waals surface area contributed by atoms with Gasteiger partial charge in [-0.05, 0) is 42.3 Å². The number of hydrogen-bond donors (Lipinski definition) is 2. The highest BCUT2D eigenvalue weighted by Crippen LogP contribution is 2.41. The number of Topliss-reactive ketones (excluding diaryl/α,β-unsaturated/α-hetero) is 1. The molecular formula is C24H24ClFN2O5. The molecule has 0 aliphatic carbocycles. The van der Waals surface area contributed by atoms with Gasteiger partial charge in [0.15, 0.2) is 0 Å². The molecule has 1 atom stereocenters. The van der Waals surface area contributed by atoms with Crippen LogP contribution in [-0.2, 0) is 14.3 Å². The monoisotopic (exact) mass is 474 g/mol. The highest BCUT2D eigenvalue weighted by Gasteiger charge is 2.46. The van der Waals surface area contributed by atoms with Gasteiger partial charge in [-0.2, -0.15) is 0 Å². The molecule has 7 nitrogen and oxygen atoms in total. The number of likely N-dealkylation sites (tertiary alicyclic amines) is 1. The van der Waals surface area contributed by atoms with Gasteiger partial charge in [0, 0.05) is 31.2 Å². The van der Waals surface area contributed by atoms with E-state index in [4.69, 9.17) is 16.3 Å². The second-order valence-electron chi connectivity index (χ2n) is 8.02. The van der Waals surface area contributed by atoms with Crippen molar-refractivity contribution in [2.45, 2.75) is 12.5 Å². The summed E-state index contributed by atoms with van der Waals surface area (Å²) in [5, 5.41) is 21.5. The summed E-state index contributed by atoms with van der Waals surface area (Å²) in [4.78, 5) is 29.5. The number of aliphatic hydroxyl groups excluding tert-OH is 1. The van der Waals surface area contributed by atoms with E-state index in [1.165, 1.54) is 41.3 Å². The van der Waals surface area contributed by atoms with E-state index in [9.17, 15) is 24.2 Å². The predicted molar refractivity (Wildman–Crippen MR) is 120 cm³/mol. The zero-order chi connectivity index (χ0) is 23.5. The lowest BCUT2D eigenvalue weighted by molar-refractivity contribution is -0.140. The molecule has 2 aliphatic heterocycles. The molecule has 33 heavy (non-hydrogen) atoms. The van der Waals surface area contributed by atoms with E-state index in [1.54, 1.807) is 6.07 Å². The molecule has 0 aromatic heterocycles. The SMILES string of the molecule is O=C1C(=O)N(CCCN2CCOCC2)C(c2cccc(F)c2)/C1=C(\O)c1cc(Cl)ccc1O. The van der Waals surface area contributed by atoms with Crippen LogP contribution in [0.5, 0.6) is 5.75 Å². The van der Waals surface area contributed by atoms with Crippen LogP contribution in [0.1, 0.15) is 23.6 Å². The lowest BCUT2D eigenvalue weighted by Crippen LogP contribution is -2.39. The van der Waals surface area contributed by atoms with Gasteiger partial charge in [0.1, 0.15) is 17.3 Å². The van der Waals surface area contributed by atoms with Crippen LogP contribution < -0.4 is 0 Å². The Labute approximate surface area is 195 Å². The van der Waals surface area contributed by atoms with Gasteiger partial charge >= 0.3 is 0 Å². The Balaban J connectivity index is 1.71. The molecule has 2 fully saturated rings. The number of rotatable bonds is 6. The molecule has 0 spiro atoms. The number of hydrogen-bond acceptors (Lipinski definition) is 6. The molecule has 2 saturated heterocycles. The number of morpholine rings is 1. The third-order valence-corrected chi connectivity index (χ3v) is 6.13. The van der Waals surface area contributed by atoms with Gasteiger partial charge in [-0.3, -0.25) is 14.5 Å². The molecule has 2 aromatic carbocycles. The van der Waals surface area contributed by atoms with Crippen molar-refractivity contribution in [1.82, 2.24) is 9.80 Å². The van der Waals surface area contributed by atoms with E-state index in [-0.39, 0.29) is 28.5 Å².